The highest BCUT2D eigenvalue weighted by molar-refractivity contribution is 5.87. The zero-order chi connectivity index (χ0) is 13.7. The average molecular weight is 262 g/mol. The SMILES string of the molecule is Cc1coc(C)c1/C=C/C(=O)OCCc1nn[nH]n1. The molecule has 0 radical (unpaired) electrons. The van der Waals surface area contributed by atoms with Gasteiger partial charge in [0.2, 0.25) is 0 Å². The van der Waals surface area contributed by atoms with E-state index in [1.165, 1.54) is 6.08 Å². The van der Waals surface area contributed by atoms with E-state index in [-0.39, 0.29) is 6.61 Å². The molecular formula is C12H14N4O3. The second-order valence-corrected chi connectivity index (χ2v) is 3.97. The molecule has 7 heteroatoms. The second kappa shape index (κ2) is 5.94. The van der Waals surface area contributed by atoms with E-state index < -0.39 is 5.97 Å². The van der Waals surface area contributed by atoms with Crippen molar-refractivity contribution in [2.24, 2.45) is 0 Å². The van der Waals surface area contributed by atoms with Crippen LogP contribution >= 0.6 is 0 Å². The molecule has 100 valence electrons. The third-order valence-electron chi connectivity index (χ3n) is 2.56. The smallest absolute Gasteiger partial charge is 0.330 e. The number of ether oxygens (including phenoxy) is 1. The topological polar surface area (TPSA) is 93.9 Å². The van der Waals surface area contributed by atoms with Crippen LogP contribution in [0.2, 0.25) is 0 Å². The Labute approximate surface area is 109 Å². The van der Waals surface area contributed by atoms with Gasteiger partial charge in [-0.3, -0.25) is 0 Å². The third-order valence-corrected chi connectivity index (χ3v) is 2.56. The van der Waals surface area contributed by atoms with Gasteiger partial charge >= 0.3 is 5.97 Å². The van der Waals surface area contributed by atoms with Crippen LogP contribution in [0.3, 0.4) is 0 Å². The maximum absolute atomic E-state index is 11.5. The predicted molar refractivity (Wildman–Crippen MR) is 66.1 cm³/mol. The molecule has 0 aliphatic rings. The molecule has 0 atom stereocenters. The summed E-state index contributed by atoms with van der Waals surface area (Å²) in [5.41, 5.74) is 1.88. The Balaban J connectivity index is 1.81. The molecular weight excluding hydrogens is 248 g/mol. The van der Waals surface area contributed by atoms with E-state index in [0.29, 0.717) is 12.2 Å². The first-order valence-electron chi connectivity index (χ1n) is 5.78. The van der Waals surface area contributed by atoms with Crippen molar-refractivity contribution < 1.29 is 13.9 Å². The first-order valence-corrected chi connectivity index (χ1v) is 5.78. The highest BCUT2D eigenvalue weighted by Crippen LogP contribution is 2.16. The summed E-state index contributed by atoms with van der Waals surface area (Å²) in [6, 6.07) is 0. The number of aromatic amines is 1. The number of H-pyrrole nitrogens is 1. The third kappa shape index (κ3) is 3.51. The molecule has 0 spiro atoms. The Morgan fingerprint density at radius 3 is 3.00 bits per heavy atom. The van der Waals surface area contributed by atoms with E-state index in [4.69, 9.17) is 9.15 Å². The normalized spacial score (nSPS) is 11.1. The number of carbonyl (C=O) groups excluding carboxylic acids is 1. The number of nitrogens with zero attached hydrogens (tertiary/aromatic N) is 3. The summed E-state index contributed by atoms with van der Waals surface area (Å²) in [5, 5.41) is 13.2. The molecule has 0 unspecified atom stereocenters. The van der Waals surface area contributed by atoms with Crippen LogP contribution in [-0.4, -0.2) is 33.2 Å². The maximum atomic E-state index is 11.5. The molecule has 0 saturated heterocycles. The highest BCUT2D eigenvalue weighted by atomic mass is 16.5. The Bertz CT molecular complexity index is 552. The monoisotopic (exact) mass is 262 g/mol. The number of hydrogen-bond donors (Lipinski definition) is 1. The Morgan fingerprint density at radius 1 is 1.53 bits per heavy atom. The molecule has 2 aromatic heterocycles. The molecule has 0 fully saturated rings. The van der Waals surface area contributed by atoms with Gasteiger partial charge in [0.25, 0.3) is 0 Å². The van der Waals surface area contributed by atoms with Gasteiger partial charge in [-0.25, -0.2) is 4.79 Å². The van der Waals surface area contributed by atoms with Gasteiger partial charge in [-0.1, -0.05) is 5.21 Å². The second-order valence-electron chi connectivity index (χ2n) is 3.97. The van der Waals surface area contributed by atoms with Crippen LogP contribution in [-0.2, 0) is 16.0 Å². The van der Waals surface area contributed by atoms with E-state index in [2.05, 4.69) is 20.6 Å². The number of rotatable bonds is 5. The van der Waals surface area contributed by atoms with Crippen LogP contribution in [0, 0.1) is 13.8 Å². The van der Waals surface area contributed by atoms with Gasteiger partial charge in [0.15, 0.2) is 5.82 Å². The highest BCUT2D eigenvalue weighted by Gasteiger charge is 2.05. The van der Waals surface area contributed by atoms with Crippen molar-refractivity contribution >= 4 is 12.0 Å². The van der Waals surface area contributed by atoms with Crippen LogP contribution in [0.15, 0.2) is 16.8 Å². The molecule has 0 aliphatic heterocycles. The fourth-order valence-corrected chi connectivity index (χ4v) is 1.56. The quantitative estimate of drug-likeness (QED) is 0.643. The number of carbonyl (C=O) groups is 1. The fraction of sp³-hybridized carbons (Fsp3) is 0.333. The summed E-state index contributed by atoms with van der Waals surface area (Å²) in [7, 11) is 0. The molecule has 0 bridgehead atoms. The van der Waals surface area contributed by atoms with E-state index in [9.17, 15) is 4.79 Å². The summed E-state index contributed by atoms with van der Waals surface area (Å²) in [5.74, 6) is 0.871. The summed E-state index contributed by atoms with van der Waals surface area (Å²) in [6.07, 6.45) is 5.14. The van der Waals surface area contributed by atoms with Crippen molar-refractivity contribution in [1.29, 1.82) is 0 Å². The molecule has 19 heavy (non-hydrogen) atoms. The maximum Gasteiger partial charge on any atom is 0.330 e. The van der Waals surface area contributed by atoms with Gasteiger partial charge in [0, 0.05) is 18.1 Å². The Morgan fingerprint density at radius 2 is 2.37 bits per heavy atom. The van der Waals surface area contributed by atoms with Gasteiger partial charge in [-0.2, -0.15) is 5.21 Å². The molecule has 2 aromatic rings. The summed E-state index contributed by atoms with van der Waals surface area (Å²) in [4.78, 5) is 11.5. The molecule has 2 heterocycles. The molecule has 0 aromatic carbocycles. The van der Waals surface area contributed by atoms with Crippen molar-refractivity contribution in [3.05, 3.63) is 35.1 Å². The number of aromatic nitrogens is 4. The lowest BCUT2D eigenvalue weighted by atomic mass is 10.1. The molecule has 0 aliphatic carbocycles. The molecule has 0 amide bonds. The zero-order valence-electron chi connectivity index (χ0n) is 10.7. The number of tetrazole rings is 1. The van der Waals surface area contributed by atoms with Crippen molar-refractivity contribution in [1.82, 2.24) is 20.6 Å². The first-order chi connectivity index (χ1) is 9.16. The van der Waals surface area contributed by atoms with E-state index >= 15 is 0 Å². The van der Waals surface area contributed by atoms with Gasteiger partial charge in [0.05, 0.1) is 12.9 Å². The summed E-state index contributed by atoms with van der Waals surface area (Å²) < 4.78 is 10.2. The number of nitrogens with one attached hydrogen (secondary N) is 1. The van der Waals surface area contributed by atoms with Gasteiger partial charge in [0.1, 0.15) is 5.76 Å². The lowest BCUT2D eigenvalue weighted by Gasteiger charge is -1.98. The molecule has 2 rings (SSSR count). The van der Waals surface area contributed by atoms with Crippen molar-refractivity contribution in [2.75, 3.05) is 6.61 Å². The zero-order valence-corrected chi connectivity index (χ0v) is 10.7. The largest absolute Gasteiger partial charge is 0.469 e. The minimum atomic E-state index is -0.413. The molecule has 0 saturated carbocycles. The van der Waals surface area contributed by atoms with Gasteiger partial charge in [-0.15, -0.1) is 10.2 Å². The number of aryl methyl sites for hydroxylation is 2. The number of hydrogen-bond acceptors (Lipinski definition) is 6. The fourth-order valence-electron chi connectivity index (χ4n) is 1.56. The minimum Gasteiger partial charge on any atom is -0.469 e. The standard InChI is InChI=1S/C12H14N4O3/c1-8-7-19-9(2)10(8)3-4-12(17)18-6-5-11-13-15-16-14-11/h3-4,7H,5-6H2,1-2H3,(H,13,14,15,16)/b4-3+. The summed E-state index contributed by atoms with van der Waals surface area (Å²) in [6.45, 7) is 3.97. The van der Waals surface area contributed by atoms with Crippen LogP contribution in [0.1, 0.15) is 22.7 Å². The lowest BCUT2D eigenvalue weighted by molar-refractivity contribution is -0.137. The van der Waals surface area contributed by atoms with Gasteiger partial charge < -0.3 is 9.15 Å². The van der Waals surface area contributed by atoms with Crippen LogP contribution in [0.4, 0.5) is 0 Å². The van der Waals surface area contributed by atoms with E-state index in [0.717, 1.165) is 16.9 Å². The van der Waals surface area contributed by atoms with Crippen LogP contribution < -0.4 is 0 Å². The average Bonchev–Trinajstić information content (AvgIpc) is 2.99. The van der Waals surface area contributed by atoms with Crippen LogP contribution in [0.5, 0.6) is 0 Å². The van der Waals surface area contributed by atoms with Crippen molar-refractivity contribution in [3.8, 4) is 0 Å². The van der Waals surface area contributed by atoms with E-state index in [1.54, 1.807) is 12.3 Å². The van der Waals surface area contributed by atoms with E-state index in [1.807, 2.05) is 13.8 Å². The lowest BCUT2D eigenvalue weighted by Crippen LogP contribution is -2.05. The predicted octanol–water partition coefficient (Wildman–Crippen LogP) is 1.21. The Hall–Kier alpha value is -2.44. The molecule has 7 nitrogen and oxygen atoms in total. The van der Waals surface area contributed by atoms with Gasteiger partial charge in [-0.05, 0) is 25.5 Å². The number of esters is 1. The van der Waals surface area contributed by atoms with Crippen molar-refractivity contribution in [2.45, 2.75) is 20.3 Å². The van der Waals surface area contributed by atoms with Crippen molar-refractivity contribution in [3.63, 3.8) is 0 Å². The molecule has 1 N–H and O–H groups in total. The first kappa shape index (κ1) is 13.0. The number of furan rings is 1. The Kier molecular flexibility index (Phi) is 4.07. The minimum absolute atomic E-state index is 0.214. The van der Waals surface area contributed by atoms with Crippen LogP contribution in [0.25, 0.3) is 6.08 Å². The summed E-state index contributed by atoms with van der Waals surface area (Å²) >= 11 is 0.